The molecule has 1 aromatic rings. The predicted molar refractivity (Wildman–Crippen MR) is 76.4 cm³/mol. The molecule has 1 atom stereocenters. The van der Waals surface area contributed by atoms with Gasteiger partial charge >= 0.3 is 0 Å². The van der Waals surface area contributed by atoms with E-state index in [1.165, 1.54) is 18.2 Å². The molecule has 3 N–H and O–H groups in total. The Morgan fingerprint density at radius 3 is 2.67 bits per heavy atom. The minimum Gasteiger partial charge on any atom is -0.341 e. The molecule has 1 rings (SSSR count). The van der Waals surface area contributed by atoms with Gasteiger partial charge in [0.05, 0.1) is 6.07 Å². The summed E-state index contributed by atoms with van der Waals surface area (Å²) in [4.78, 5) is 37.5. The molecule has 0 aliphatic carbocycles. The Morgan fingerprint density at radius 2 is 2.10 bits per heavy atom. The van der Waals surface area contributed by atoms with Crippen LogP contribution in [-0.4, -0.2) is 29.4 Å². The second-order valence-corrected chi connectivity index (χ2v) is 4.96. The Hall–Kier alpha value is -2.62. The fourth-order valence-electron chi connectivity index (χ4n) is 1.77. The molecule has 0 fully saturated rings. The summed E-state index contributed by atoms with van der Waals surface area (Å²) < 4.78 is 0. The van der Waals surface area contributed by atoms with E-state index in [9.17, 15) is 14.4 Å². The Morgan fingerprint density at radius 1 is 1.38 bits per heavy atom. The van der Waals surface area contributed by atoms with Crippen molar-refractivity contribution in [3.8, 4) is 6.07 Å². The Labute approximate surface area is 122 Å². The van der Waals surface area contributed by atoms with Gasteiger partial charge in [-0.15, -0.1) is 0 Å². The van der Waals surface area contributed by atoms with E-state index in [1.54, 1.807) is 0 Å². The molecule has 0 aromatic carbocycles. The van der Waals surface area contributed by atoms with E-state index in [0.717, 1.165) is 0 Å². The number of hydrogen-bond acceptors (Lipinski definition) is 4. The normalized spacial score (nSPS) is 11.5. The first-order valence-electron chi connectivity index (χ1n) is 6.59. The summed E-state index contributed by atoms with van der Waals surface area (Å²) in [5.74, 6) is -0.778. The molecule has 7 heteroatoms. The third kappa shape index (κ3) is 5.48. The van der Waals surface area contributed by atoms with Crippen LogP contribution in [0.5, 0.6) is 0 Å². The van der Waals surface area contributed by atoms with Gasteiger partial charge in [0, 0.05) is 6.07 Å². The van der Waals surface area contributed by atoms with E-state index in [1.807, 2.05) is 19.9 Å². The molecule has 1 heterocycles. The van der Waals surface area contributed by atoms with Crippen LogP contribution in [-0.2, 0) is 4.79 Å². The first-order valence-corrected chi connectivity index (χ1v) is 6.59. The van der Waals surface area contributed by atoms with Crippen molar-refractivity contribution >= 4 is 11.8 Å². The highest BCUT2D eigenvalue weighted by atomic mass is 16.2. The molecule has 7 nitrogen and oxygen atoms in total. The number of carbonyl (C=O) groups is 2. The highest BCUT2D eigenvalue weighted by Crippen LogP contribution is 2.06. The van der Waals surface area contributed by atoms with Gasteiger partial charge < -0.3 is 15.6 Å². The van der Waals surface area contributed by atoms with Crippen molar-refractivity contribution in [3.63, 3.8) is 0 Å². The molecule has 0 spiro atoms. The molecule has 0 saturated heterocycles. The first-order chi connectivity index (χ1) is 9.93. The summed E-state index contributed by atoms with van der Waals surface area (Å²) in [6, 6.07) is 5.26. The number of rotatable bonds is 6. The highest BCUT2D eigenvalue weighted by molar-refractivity contribution is 5.96. The van der Waals surface area contributed by atoms with Crippen molar-refractivity contribution in [2.24, 2.45) is 5.92 Å². The number of nitriles is 1. The molecule has 0 unspecified atom stereocenters. The zero-order chi connectivity index (χ0) is 15.8. The van der Waals surface area contributed by atoms with Crippen molar-refractivity contribution in [1.82, 2.24) is 15.6 Å². The zero-order valence-corrected chi connectivity index (χ0v) is 12.0. The van der Waals surface area contributed by atoms with Crippen molar-refractivity contribution in [3.05, 3.63) is 34.2 Å². The summed E-state index contributed by atoms with van der Waals surface area (Å²) in [5, 5.41) is 13.5. The quantitative estimate of drug-likeness (QED) is 0.647. The molecular weight excluding hydrogens is 272 g/mol. The Kier molecular flexibility index (Phi) is 6.14. The van der Waals surface area contributed by atoms with Crippen LogP contribution in [0.1, 0.15) is 30.8 Å². The number of nitrogens with one attached hydrogen (secondary N) is 3. The lowest BCUT2D eigenvalue weighted by atomic mass is 10.0. The van der Waals surface area contributed by atoms with Gasteiger partial charge in [-0.2, -0.15) is 5.26 Å². The first kappa shape index (κ1) is 16.4. The average Bonchev–Trinajstić information content (AvgIpc) is 2.43. The lowest BCUT2D eigenvalue weighted by Gasteiger charge is -2.19. The van der Waals surface area contributed by atoms with E-state index in [0.29, 0.717) is 6.42 Å². The third-order valence-electron chi connectivity index (χ3n) is 2.68. The number of aromatic nitrogens is 1. The molecule has 0 saturated carbocycles. The fraction of sp³-hybridized carbons (Fsp3) is 0.429. The summed E-state index contributed by atoms with van der Waals surface area (Å²) in [6.07, 6.45) is 0.431. The average molecular weight is 290 g/mol. The van der Waals surface area contributed by atoms with Crippen LogP contribution in [0.2, 0.25) is 0 Å². The third-order valence-corrected chi connectivity index (χ3v) is 2.68. The second kappa shape index (κ2) is 7.85. The van der Waals surface area contributed by atoms with Crippen LogP contribution >= 0.6 is 0 Å². The lowest BCUT2D eigenvalue weighted by Crippen LogP contribution is -2.47. The number of H-pyrrole nitrogens is 1. The Bertz CT molecular complexity index is 601. The predicted octanol–water partition coefficient (Wildman–Crippen LogP) is 0.159. The molecule has 0 aliphatic rings. The standard InChI is InChI=1S/C14H18N4O3/c1-9(2)8-11(13(20)16-7-6-15)18-14(21)10-4-3-5-12(19)17-10/h3-5,9,11H,7-8H2,1-2H3,(H,16,20)(H,17,19)(H,18,21)/t11-/m1/s1. The van der Waals surface area contributed by atoms with Gasteiger partial charge in [0.2, 0.25) is 11.5 Å². The van der Waals surface area contributed by atoms with Crippen molar-refractivity contribution in [2.75, 3.05) is 6.54 Å². The van der Waals surface area contributed by atoms with Crippen LogP contribution in [0.3, 0.4) is 0 Å². The SMILES string of the molecule is CC(C)C[C@@H](NC(=O)c1cccc(=O)[nH]1)C(=O)NCC#N. The van der Waals surface area contributed by atoms with Crippen LogP contribution in [0.4, 0.5) is 0 Å². The second-order valence-electron chi connectivity index (χ2n) is 4.96. The molecular formula is C14H18N4O3. The minimum absolute atomic E-state index is 0.0874. The molecule has 0 aliphatic heterocycles. The number of hydrogen-bond donors (Lipinski definition) is 3. The van der Waals surface area contributed by atoms with Gasteiger partial charge in [0.15, 0.2) is 0 Å². The number of aromatic amines is 1. The van der Waals surface area contributed by atoms with Crippen LogP contribution in [0.15, 0.2) is 23.0 Å². The zero-order valence-electron chi connectivity index (χ0n) is 12.0. The van der Waals surface area contributed by atoms with Gasteiger partial charge in [-0.25, -0.2) is 0 Å². The van der Waals surface area contributed by atoms with Gasteiger partial charge in [-0.3, -0.25) is 14.4 Å². The summed E-state index contributed by atoms with van der Waals surface area (Å²) in [6.45, 7) is 3.72. The van der Waals surface area contributed by atoms with Crippen molar-refractivity contribution < 1.29 is 9.59 Å². The van der Waals surface area contributed by atoms with Crippen LogP contribution < -0.4 is 16.2 Å². The van der Waals surface area contributed by atoms with Gasteiger partial charge in [-0.05, 0) is 18.4 Å². The number of amides is 2. The topological polar surface area (TPSA) is 115 Å². The lowest BCUT2D eigenvalue weighted by molar-refractivity contribution is -0.123. The van der Waals surface area contributed by atoms with E-state index >= 15 is 0 Å². The molecule has 21 heavy (non-hydrogen) atoms. The summed E-state index contributed by atoms with van der Waals surface area (Å²) in [5.41, 5.74) is -0.304. The van der Waals surface area contributed by atoms with Gasteiger partial charge in [-0.1, -0.05) is 19.9 Å². The monoisotopic (exact) mass is 290 g/mol. The maximum absolute atomic E-state index is 12.0. The fourth-order valence-corrected chi connectivity index (χ4v) is 1.77. The van der Waals surface area contributed by atoms with E-state index in [2.05, 4.69) is 15.6 Å². The minimum atomic E-state index is -0.755. The molecule has 0 radical (unpaired) electrons. The summed E-state index contributed by atoms with van der Waals surface area (Å²) in [7, 11) is 0. The molecule has 112 valence electrons. The van der Waals surface area contributed by atoms with Crippen LogP contribution in [0, 0.1) is 17.2 Å². The van der Waals surface area contributed by atoms with E-state index in [-0.39, 0.29) is 18.2 Å². The maximum atomic E-state index is 12.0. The molecule has 0 bridgehead atoms. The Balaban J connectivity index is 2.80. The number of nitrogens with zero attached hydrogens (tertiary/aromatic N) is 1. The van der Waals surface area contributed by atoms with Crippen LogP contribution in [0.25, 0.3) is 0 Å². The number of carbonyl (C=O) groups excluding carboxylic acids is 2. The smallest absolute Gasteiger partial charge is 0.268 e. The van der Waals surface area contributed by atoms with Gasteiger partial charge in [0.25, 0.3) is 5.91 Å². The highest BCUT2D eigenvalue weighted by Gasteiger charge is 2.22. The molecule has 1 aromatic heterocycles. The van der Waals surface area contributed by atoms with E-state index in [4.69, 9.17) is 5.26 Å². The van der Waals surface area contributed by atoms with Gasteiger partial charge in [0.1, 0.15) is 18.3 Å². The van der Waals surface area contributed by atoms with Crippen molar-refractivity contribution in [2.45, 2.75) is 26.3 Å². The largest absolute Gasteiger partial charge is 0.341 e. The number of pyridine rings is 1. The summed E-state index contributed by atoms with van der Waals surface area (Å²) >= 11 is 0. The molecule has 2 amide bonds. The maximum Gasteiger partial charge on any atom is 0.268 e. The van der Waals surface area contributed by atoms with Crippen molar-refractivity contribution in [1.29, 1.82) is 5.26 Å². The van der Waals surface area contributed by atoms with E-state index < -0.39 is 23.4 Å².